The molecule has 1 unspecified atom stereocenters. The number of rotatable bonds is 4. The number of hydroxylamine groups is 2. The van der Waals surface area contributed by atoms with Crippen LogP contribution in [0.2, 0.25) is 0 Å². The van der Waals surface area contributed by atoms with Gasteiger partial charge in [-0.15, -0.1) is 0 Å². The van der Waals surface area contributed by atoms with E-state index in [9.17, 15) is 9.59 Å². The third-order valence-corrected chi connectivity index (χ3v) is 3.34. The molecule has 1 atom stereocenters. The van der Waals surface area contributed by atoms with E-state index < -0.39 is 5.60 Å². The van der Waals surface area contributed by atoms with Gasteiger partial charge < -0.3 is 4.74 Å². The lowest BCUT2D eigenvalue weighted by atomic mass is 9.99. The second-order valence-corrected chi connectivity index (χ2v) is 6.48. The van der Waals surface area contributed by atoms with Crippen LogP contribution < -0.4 is 0 Å². The van der Waals surface area contributed by atoms with Crippen molar-refractivity contribution < 1.29 is 19.2 Å². The molecule has 0 saturated carbocycles. The second-order valence-electron chi connectivity index (χ2n) is 6.48. The molecule has 22 heavy (non-hydrogen) atoms. The normalized spacial score (nSPS) is 19.1. The number of benzene rings is 1. The molecule has 0 N–H and O–H groups in total. The SMILES string of the molecule is CC(C)(C)OC(=O)C1CCC(=O)N(OCc2ccccc2)C1. The van der Waals surface area contributed by atoms with Crippen molar-refractivity contribution >= 4 is 11.9 Å². The largest absolute Gasteiger partial charge is 0.460 e. The lowest BCUT2D eigenvalue weighted by Gasteiger charge is -2.32. The van der Waals surface area contributed by atoms with Crippen LogP contribution in [0.3, 0.4) is 0 Å². The van der Waals surface area contributed by atoms with Crippen molar-refractivity contribution in [2.24, 2.45) is 5.92 Å². The molecule has 1 amide bonds. The van der Waals surface area contributed by atoms with E-state index in [1.54, 1.807) is 0 Å². The van der Waals surface area contributed by atoms with Gasteiger partial charge in [0.15, 0.2) is 0 Å². The molecule has 0 bridgehead atoms. The quantitative estimate of drug-likeness (QED) is 0.803. The Morgan fingerprint density at radius 2 is 1.95 bits per heavy atom. The zero-order valence-corrected chi connectivity index (χ0v) is 13.4. The molecule has 5 heteroatoms. The Hall–Kier alpha value is -1.88. The Kier molecular flexibility index (Phi) is 5.19. The summed E-state index contributed by atoms with van der Waals surface area (Å²) in [5.74, 6) is -0.684. The van der Waals surface area contributed by atoms with Gasteiger partial charge in [0.05, 0.1) is 12.5 Å². The summed E-state index contributed by atoms with van der Waals surface area (Å²) >= 11 is 0. The molecule has 0 radical (unpaired) electrons. The Morgan fingerprint density at radius 1 is 1.27 bits per heavy atom. The first-order valence-electron chi connectivity index (χ1n) is 7.55. The van der Waals surface area contributed by atoms with E-state index in [1.165, 1.54) is 5.06 Å². The maximum atomic E-state index is 12.1. The minimum atomic E-state index is -0.520. The van der Waals surface area contributed by atoms with Crippen molar-refractivity contribution in [2.75, 3.05) is 6.54 Å². The number of amides is 1. The molecule has 1 fully saturated rings. The monoisotopic (exact) mass is 305 g/mol. The summed E-state index contributed by atoms with van der Waals surface area (Å²) in [7, 11) is 0. The zero-order valence-electron chi connectivity index (χ0n) is 13.4. The van der Waals surface area contributed by atoms with E-state index in [-0.39, 0.29) is 24.3 Å². The van der Waals surface area contributed by atoms with E-state index in [2.05, 4.69) is 0 Å². The molecular formula is C17H23NO4. The molecule has 0 spiro atoms. The lowest BCUT2D eigenvalue weighted by Crippen LogP contribution is -2.44. The van der Waals surface area contributed by atoms with E-state index in [0.717, 1.165) is 5.56 Å². The summed E-state index contributed by atoms with van der Waals surface area (Å²) < 4.78 is 5.39. The van der Waals surface area contributed by atoms with Crippen molar-refractivity contribution in [1.82, 2.24) is 5.06 Å². The first kappa shape index (κ1) is 16.5. The Balaban J connectivity index is 1.91. The highest BCUT2D eigenvalue weighted by atomic mass is 16.7. The smallest absolute Gasteiger partial charge is 0.311 e. The predicted molar refractivity (Wildman–Crippen MR) is 81.5 cm³/mol. The minimum absolute atomic E-state index is 0.0873. The van der Waals surface area contributed by atoms with Crippen molar-refractivity contribution in [3.05, 3.63) is 35.9 Å². The highest BCUT2D eigenvalue weighted by molar-refractivity contribution is 5.80. The van der Waals surface area contributed by atoms with Crippen LogP contribution >= 0.6 is 0 Å². The first-order valence-corrected chi connectivity index (χ1v) is 7.55. The Labute approximate surface area is 131 Å². The molecule has 1 saturated heterocycles. The van der Waals surface area contributed by atoms with Crippen molar-refractivity contribution in [2.45, 2.75) is 45.8 Å². The molecule has 1 aliphatic rings. The molecular weight excluding hydrogens is 282 g/mol. The average molecular weight is 305 g/mol. The fourth-order valence-electron chi connectivity index (χ4n) is 2.24. The molecule has 0 aliphatic carbocycles. The molecule has 1 heterocycles. The Morgan fingerprint density at radius 3 is 2.59 bits per heavy atom. The van der Waals surface area contributed by atoms with Crippen LogP contribution in [-0.2, 0) is 25.8 Å². The van der Waals surface area contributed by atoms with Gasteiger partial charge in [-0.3, -0.25) is 14.4 Å². The third-order valence-electron chi connectivity index (χ3n) is 3.34. The maximum Gasteiger partial charge on any atom is 0.311 e. The molecule has 120 valence electrons. The Bertz CT molecular complexity index is 521. The standard InChI is InChI=1S/C17H23NO4/c1-17(2,3)22-16(20)14-9-10-15(19)18(11-14)21-12-13-7-5-4-6-8-13/h4-8,14H,9-12H2,1-3H3. The van der Waals surface area contributed by atoms with Gasteiger partial charge in [-0.2, -0.15) is 0 Å². The number of carbonyl (C=O) groups is 2. The van der Waals surface area contributed by atoms with Gasteiger partial charge in [-0.25, -0.2) is 5.06 Å². The number of ether oxygens (including phenoxy) is 1. The van der Waals surface area contributed by atoms with Crippen LogP contribution in [0.25, 0.3) is 0 Å². The number of hydrogen-bond donors (Lipinski definition) is 0. The highest BCUT2D eigenvalue weighted by Gasteiger charge is 2.33. The highest BCUT2D eigenvalue weighted by Crippen LogP contribution is 2.22. The second kappa shape index (κ2) is 6.92. The number of carbonyl (C=O) groups excluding carboxylic acids is 2. The molecule has 1 aliphatic heterocycles. The summed E-state index contributed by atoms with van der Waals surface area (Å²) in [6.45, 7) is 6.07. The number of piperidine rings is 1. The van der Waals surface area contributed by atoms with Gasteiger partial charge >= 0.3 is 5.97 Å². The summed E-state index contributed by atoms with van der Waals surface area (Å²) in [6, 6.07) is 9.62. The number of hydrogen-bond acceptors (Lipinski definition) is 4. The molecule has 0 aromatic heterocycles. The van der Waals surface area contributed by atoms with Gasteiger partial charge in [0.1, 0.15) is 12.2 Å². The molecule has 5 nitrogen and oxygen atoms in total. The molecule has 1 aromatic carbocycles. The predicted octanol–water partition coefficient (Wildman–Crippen LogP) is 2.70. The van der Waals surface area contributed by atoms with Crippen molar-refractivity contribution in [1.29, 1.82) is 0 Å². The lowest BCUT2D eigenvalue weighted by molar-refractivity contribution is -0.205. The van der Waals surface area contributed by atoms with Gasteiger partial charge in [-0.1, -0.05) is 30.3 Å². The van der Waals surface area contributed by atoms with Gasteiger partial charge in [0.2, 0.25) is 5.91 Å². The fourth-order valence-corrected chi connectivity index (χ4v) is 2.24. The topological polar surface area (TPSA) is 55.8 Å². The summed E-state index contributed by atoms with van der Waals surface area (Å²) in [5.41, 5.74) is 0.462. The van der Waals surface area contributed by atoms with E-state index in [4.69, 9.17) is 9.57 Å². The summed E-state index contributed by atoms with van der Waals surface area (Å²) in [4.78, 5) is 29.6. The minimum Gasteiger partial charge on any atom is -0.460 e. The summed E-state index contributed by atoms with van der Waals surface area (Å²) in [6.07, 6.45) is 0.817. The molecule has 1 aromatic rings. The number of esters is 1. The van der Waals surface area contributed by atoms with Crippen LogP contribution in [0.4, 0.5) is 0 Å². The van der Waals surface area contributed by atoms with E-state index >= 15 is 0 Å². The summed E-state index contributed by atoms with van der Waals surface area (Å²) in [5, 5.41) is 1.30. The van der Waals surface area contributed by atoms with Crippen molar-refractivity contribution in [3.8, 4) is 0 Å². The average Bonchev–Trinajstić information content (AvgIpc) is 2.45. The molecule has 2 rings (SSSR count). The van der Waals surface area contributed by atoms with Crippen LogP contribution in [-0.4, -0.2) is 29.1 Å². The van der Waals surface area contributed by atoms with Crippen LogP contribution in [0.15, 0.2) is 30.3 Å². The number of nitrogens with zero attached hydrogens (tertiary/aromatic N) is 1. The maximum absolute atomic E-state index is 12.1. The van der Waals surface area contributed by atoms with Gasteiger partial charge in [0, 0.05) is 6.42 Å². The van der Waals surface area contributed by atoms with E-state index in [1.807, 2.05) is 51.1 Å². The van der Waals surface area contributed by atoms with Crippen molar-refractivity contribution in [3.63, 3.8) is 0 Å². The van der Waals surface area contributed by atoms with Crippen LogP contribution in [0.1, 0.15) is 39.2 Å². The van der Waals surface area contributed by atoms with Crippen LogP contribution in [0.5, 0.6) is 0 Å². The first-order chi connectivity index (χ1) is 10.3. The van der Waals surface area contributed by atoms with Gasteiger partial charge in [0.25, 0.3) is 0 Å². The fraction of sp³-hybridized carbons (Fsp3) is 0.529. The van der Waals surface area contributed by atoms with Crippen LogP contribution in [0, 0.1) is 5.92 Å². The van der Waals surface area contributed by atoms with E-state index in [0.29, 0.717) is 19.4 Å². The zero-order chi connectivity index (χ0) is 16.2. The van der Waals surface area contributed by atoms with Gasteiger partial charge in [-0.05, 0) is 32.8 Å². The third kappa shape index (κ3) is 4.84.